The van der Waals surface area contributed by atoms with Gasteiger partial charge in [0.1, 0.15) is 0 Å². The zero-order chi connectivity index (χ0) is 20.0. The Morgan fingerprint density at radius 3 is 2.56 bits per heavy atom. The molecule has 1 saturated carbocycles. The van der Waals surface area contributed by atoms with Crippen LogP contribution in [0, 0.1) is 0 Å². The molecule has 1 aliphatic carbocycles. The van der Waals surface area contributed by atoms with Crippen LogP contribution in [0.4, 0.5) is 8.78 Å². The van der Waals surface area contributed by atoms with Crippen molar-refractivity contribution in [2.75, 3.05) is 27.3 Å². The number of nitrogens with zero attached hydrogens (tertiary/aromatic N) is 1. The maximum absolute atomic E-state index is 12.3. The van der Waals surface area contributed by atoms with E-state index in [1.165, 1.54) is 20.2 Å². The minimum absolute atomic E-state index is 0.00426. The van der Waals surface area contributed by atoms with Gasteiger partial charge in [-0.1, -0.05) is 0 Å². The molecule has 148 valence electrons. The fraction of sp³-hybridized carbons (Fsp3) is 0.471. The number of ether oxygens (including phenoxy) is 3. The van der Waals surface area contributed by atoms with Crippen molar-refractivity contribution in [1.29, 1.82) is 0 Å². The SMILES string of the molecule is COc1cc(C(=O)OCC(=O)N(C)CC(=O)NC2CC2)ccc1OC(F)F. The van der Waals surface area contributed by atoms with Crippen molar-refractivity contribution in [3.8, 4) is 11.5 Å². The summed E-state index contributed by atoms with van der Waals surface area (Å²) >= 11 is 0. The molecule has 10 heteroatoms. The minimum Gasteiger partial charge on any atom is -0.493 e. The Labute approximate surface area is 154 Å². The Bertz CT molecular complexity index is 709. The van der Waals surface area contributed by atoms with E-state index >= 15 is 0 Å². The third kappa shape index (κ3) is 6.39. The van der Waals surface area contributed by atoms with Crippen molar-refractivity contribution >= 4 is 17.8 Å². The number of hydrogen-bond donors (Lipinski definition) is 1. The second kappa shape index (κ2) is 9.15. The molecule has 0 heterocycles. The highest BCUT2D eigenvalue weighted by molar-refractivity contribution is 5.92. The molecule has 0 spiro atoms. The summed E-state index contributed by atoms with van der Waals surface area (Å²) in [6.45, 7) is -3.74. The predicted molar refractivity (Wildman–Crippen MR) is 88.7 cm³/mol. The van der Waals surface area contributed by atoms with Gasteiger partial charge >= 0.3 is 12.6 Å². The Hall–Kier alpha value is -2.91. The summed E-state index contributed by atoms with van der Waals surface area (Å²) in [7, 11) is 2.65. The van der Waals surface area contributed by atoms with Crippen molar-refractivity contribution in [1.82, 2.24) is 10.2 Å². The highest BCUT2D eigenvalue weighted by Gasteiger charge is 2.24. The maximum Gasteiger partial charge on any atom is 0.387 e. The maximum atomic E-state index is 12.3. The van der Waals surface area contributed by atoms with Crippen LogP contribution in [-0.2, 0) is 14.3 Å². The van der Waals surface area contributed by atoms with E-state index in [0.29, 0.717) is 0 Å². The Morgan fingerprint density at radius 1 is 1.26 bits per heavy atom. The summed E-state index contributed by atoms with van der Waals surface area (Å²) in [5, 5.41) is 2.74. The Kier molecular flexibility index (Phi) is 6.91. The van der Waals surface area contributed by atoms with Crippen molar-refractivity contribution in [2.24, 2.45) is 0 Å². The van der Waals surface area contributed by atoms with Gasteiger partial charge in [-0.2, -0.15) is 8.78 Å². The van der Waals surface area contributed by atoms with Crippen LogP contribution in [-0.4, -0.2) is 62.6 Å². The number of carbonyl (C=O) groups excluding carboxylic acids is 3. The summed E-state index contributed by atoms with van der Waals surface area (Å²) < 4.78 is 38.7. The average molecular weight is 386 g/mol. The molecule has 8 nitrogen and oxygen atoms in total. The van der Waals surface area contributed by atoms with Crippen LogP contribution in [0.25, 0.3) is 0 Å². The quantitative estimate of drug-likeness (QED) is 0.641. The zero-order valence-corrected chi connectivity index (χ0v) is 14.9. The summed E-state index contributed by atoms with van der Waals surface area (Å²) in [5.74, 6) is -1.99. The highest BCUT2D eigenvalue weighted by atomic mass is 19.3. The molecule has 0 atom stereocenters. The van der Waals surface area contributed by atoms with Crippen LogP contribution in [0.1, 0.15) is 23.2 Å². The van der Waals surface area contributed by atoms with Crippen molar-refractivity contribution in [3.05, 3.63) is 23.8 Å². The number of carbonyl (C=O) groups is 3. The van der Waals surface area contributed by atoms with Crippen LogP contribution in [0.3, 0.4) is 0 Å². The number of rotatable bonds is 9. The molecule has 1 aliphatic rings. The number of alkyl halides is 2. The first-order valence-corrected chi connectivity index (χ1v) is 8.13. The largest absolute Gasteiger partial charge is 0.493 e. The molecular formula is C17H20F2N2O6. The molecule has 0 unspecified atom stereocenters. The molecule has 2 amide bonds. The van der Waals surface area contributed by atoms with Gasteiger partial charge in [0.05, 0.1) is 19.2 Å². The molecule has 0 radical (unpaired) electrons. The van der Waals surface area contributed by atoms with Gasteiger partial charge < -0.3 is 24.4 Å². The molecule has 1 fully saturated rings. The third-order valence-corrected chi connectivity index (χ3v) is 3.69. The lowest BCUT2D eigenvalue weighted by molar-refractivity contribution is -0.137. The zero-order valence-electron chi connectivity index (χ0n) is 14.9. The highest BCUT2D eigenvalue weighted by Crippen LogP contribution is 2.29. The second-order valence-electron chi connectivity index (χ2n) is 5.91. The monoisotopic (exact) mass is 386 g/mol. The van der Waals surface area contributed by atoms with Crippen LogP contribution < -0.4 is 14.8 Å². The first-order valence-electron chi connectivity index (χ1n) is 8.13. The molecular weight excluding hydrogens is 366 g/mol. The van der Waals surface area contributed by atoms with Gasteiger partial charge in [0.25, 0.3) is 5.91 Å². The summed E-state index contributed by atoms with van der Waals surface area (Å²) in [4.78, 5) is 36.8. The van der Waals surface area contributed by atoms with E-state index < -0.39 is 25.1 Å². The van der Waals surface area contributed by atoms with Gasteiger partial charge in [-0.25, -0.2) is 4.79 Å². The van der Waals surface area contributed by atoms with Gasteiger partial charge in [-0.05, 0) is 31.0 Å². The summed E-state index contributed by atoms with van der Waals surface area (Å²) in [6, 6.07) is 3.69. The Balaban J connectivity index is 1.86. The van der Waals surface area contributed by atoms with E-state index in [4.69, 9.17) is 9.47 Å². The number of hydrogen-bond acceptors (Lipinski definition) is 6. The van der Waals surface area contributed by atoms with Crippen LogP contribution in [0.2, 0.25) is 0 Å². The standard InChI is InChI=1S/C17H20F2N2O6/c1-21(8-14(22)20-11-4-5-11)15(23)9-26-16(24)10-3-6-12(27-17(18)19)13(7-10)25-2/h3,6-7,11,17H,4-5,8-9H2,1-2H3,(H,20,22). The van der Waals surface area contributed by atoms with E-state index in [0.717, 1.165) is 29.9 Å². The molecule has 0 aliphatic heterocycles. The number of halogens is 2. The second-order valence-corrected chi connectivity index (χ2v) is 5.91. The molecule has 2 rings (SSSR count). The fourth-order valence-electron chi connectivity index (χ4n) is 2.11. The molecule has 1 N–H and O–H groups in total. The van der Waals surface area contributed by atoms with E-state index in [1.54, 1.807) is 0 Å². The molecule has 1 aromatic rings. The molecule has 1 aromatic carbocycles. The summed E-state index contributed by atoms with van der Waals surface area (Å²) in [6.07, 6.45) is 1.87. The van der Waals surface area contributed by atoms with Crippen LogP contribution >= 0.6 is 0 Å². The molecule has 27 heavy (non-hydrogen) atoms. The first kappa shape index (κ1) is 20.4. The number of amides is 2. The average Bonchev–Trinajstić information content (AvgIpc) is 3.42. The van der Waals surface area contributed by atoms with Crippen molar-refractivity contribution in [3.63, 3.8) is 0 Å². The number of methoxy groups -OCH3 is 1. The lowest BCUT2D eigenvalue weighted by Crippen LogP contribution is -2.40. The number of likely N-dealkylation sites (N-methyl/N-ethyl adjacent to an activating group) is 1. The first-order chi connectivity index (χ1) is 12.8. The molecule has 0 aromatic heterocycles. The Morgan fingerprint density at radius 2 is 1.96 bits per heavy atom. The smallest absolute Gasteiger partial charge is 0.387 e. The minimum atomic E-state index is -3.04. The molecule has 0 saturated heterocycles. The fourth-order valence-corrected chi connectivity index (χ4v) is 2.11. The lowest BCUT2D eigenvalue weighted by Gasteiger charge is -2.17. The van der Waals surface area contributed by atoms with Crippen molar-refractivity contribution in [2.45, 2.75) is 25.5 Å². The number of esters is 1. The normalized spacial score (nSPS) is 13.1. The van der Waals surface area contributed by atoms with E-state index in [1.807, 2.05) is 0 Å². The topological polar surface area (TPSA) is 94.2 Å². The molecule has 0 bridgehead atoms. The van der Waals surface area contributed by atoms with Gasteiger partial charge in [0.2, 0.25) is 5.91 Å². The van der Waals surface area contributed by atoms with Crippen LogP contribution in [0.5, 0.6) is 11.5 Å². The van der Waals surface area contributed by atoms with E-state index in [-0.39, 0.29) is 35.6 Å². The number of benzene rings is 1. The van der Waals surface area contributed by atoms with E-state index in [2.05, 4.69) is 10.1 Å². The number of nitrogens with one attached hydrogen (secondary N) is 1. The van der Waals surface area contributed by atoms with Gasteiger partial charge in [-0.3, -0.25) is 9.59 Å². The van der Waals surface area contributed by atoms with Crippen molar-refractivity contribution < 1.29 is 37.4 Å². The summed E-state index contributed by atoms with van der Waals surface area (Å²) in [5.41, 5.74) is -0.00426. The van der Waals surface area contributed by atoms with Crippen LogP contribution in [0.15, 0.2) is 18.2 Å². The lowest BCUT2D eigenvalue weighted by atomic mass is 10.2. The third-order valence-electron chi connectivity index (χ3n) is 3.69. The van der Waals surface area contributed by atoms with Gasteiger partial charge in [-0.15, -0.1) is 0 Å². The van der Waals surface area contributed by atoms with Gasteiger partial charge in [0.15, 0.2) is 18.1 Å². The van der Waals surface area contributed by atoms with E-state index in [9.17, 15) is 23.2 Å². The van der Waals surface area contributed by atoms with Gasteiger partial charge in [0, 0.05) is 13.1 Å². The predicted octanol–water partition coefficient (Wildman–Crippen LogP) is 1.19.